The lowest BCUT2D eigenvalue weighted by Crippen LogP contribution is -2.11. The summed E-state index contributed by atoms with van der Waals surface area (Å²) in [4.78, 5) is 11.7. The van der Waals surface area contributed by atoms with E-state index in [4.69, 9.17) is 4.74 Å². The van der Waals surface area contributed by atoms with E-state index in [1.807, 2.05) is 25.1 Å². The Kier molecular flexibility index (Phi) is 3.34. The normalized spacial score (nSPS) is 17.1. The second-order valence-electron chi connectivity index (χ2n) is 4.35. The van der Waals surface area contributed by atoms with Crippen molar-refractivity contribution in [1.82, 2.24) is 0 Å². The number of esters is 1. The molecular weight excluding hydrogens is 228 g/mol. The van der Waals surface area contributed by atoms with Crippen LogP contribution in [0.5, 0.6) is 0 Å². The molecule has 0 saturated carbocycles. The van der Waals surface area contributed by atoms with Crippen LogP contribution in [-0.2, 0) is 9.53 Å². The van der Waals surface area contributed by atoms with Crippen molar-refractivity contribution in [3.05, 3.63) is 47.0 Å². The van der Waals surface area contributed by atoms with Gasteiger partial charge in [-0.3, -0.25) is 0 Å². The maximum absolute atomic E-state index is 11.7. The molecule has 1 aromatic carbocycles. The van der Waals surface area contributed by atoms with Gasteiger partial charge in [0.15, 0.2) is 0 Å². The number of ether oxygens (including phenoxy) is 1. The van der Waals surface area contributed by atoms with E-state index in [2.05, 4.69) is 6.58 Å². The van der Waals surface area contributed by atoms with Gasteiger partial charge in [0, 0.05) is 0 Å². The molecule has 0 bridgehead atoms. The molecule has 1 aromatic rings. The van der Waals surface area contributed by atoms with Crippen molar-refractivity contribution in [3.63, 3.8) is 0 Å². The molecule has 0 radical (unpaired) electrons. The first-order chi connectivity index (χ1) is 8.54. The van der Waals surface area contributed by atoms with Gasteiger partial charge in [-0.25, -0.2) is 4.79 Å². The first-order valence-corrected chi connectivity index (χ1v) is 5.91. The van der Waals surface area contributed by atoms with Crippen molar-refractivity contribution in [2.45, 2.75) is 20.0 Å². The van der Waals surface area contributed by atoms with Crippen molar-refractivity contribution in [3.8, 4) is 0 Å². The van der Waals surface area contributed by atoms with E-state index in [1.165, 1.54) is 0 Å². The maximum atomic E-state index is 11.7. The van der Waals surface area contributed by atoms with Crippen LogP contribution in [0.2, 0.25) is 0 Å². The zero-order valence-electron chi connectivity index (χ0n) is 10.6. The van der Waals surface area contributed by atoms with Gasteiger partial charge in [-0.2, -0.15) is 0 Å². The highest BCUT2D eigenvalue weighted by Crippen LogP contribution is 2.36. The van der Waals surface area contributed by atoms with Gasteiger partial charge in [0.1, 0.15) is 6.10 Å². The van der Waals surface area contributed by atoms with E-state index in [-0.39, 0.29) is 0 Å². The number of carbonyl (C=O) groups excluding carboxylic acids is 1. The lowest BCUT2D eigenvalue weighted by atomic mass is 10.0. The lowest BCUT2D eigenvalue weighted by molar-refractivity contribution is -0.139. The van der Waals surface area contributed by atoms with Crippen molar-refractivity contribution in [2.75, 3.05) is 6.61 Å². The predicted octanol–water partition coefficient (Wildman–Crippen LogP) is 2.71. The molecule has 1 aliphatic rings. The number of aliphatic hydroxyl groups is 1. The van der Waals surface area contributed by atoms with Gasteiger partial charge in [0.2, 0.25) is 0 Å². The van der Waals surface area contributed by atoms with Gasteiger partial charge in [-0.15, -0.1) is 0 Å². The number of carbonyl (C=O) groups is 1. The van der Waals surface area contributed by atoms with E-state index in [1.54, 1.807) is 13.0 Å². The van der Waals surface area contributed by atoms with E-state index >= 15 is 0 Å². The lowest BCUT2D eigenvalue weighted by Gasteiger charge is -2.10. The van der Waals surface area contributed by atoms with Crippen LogP contribution in [0.1, 0.15) is 36.6 Å². The molecule has 0 saturated heterocycles. The zero-order chi connectivity index (χ0) is 13.3. The Morgan fingerprint density at radius 3 is 2.83 bits per heavy atom. The summed E-state index contributed by atoms with van der Waals surface area (Å²) in [5.41, 5.74) is 3.78. The maximum Gasteiger partial charge on any atom is 0.337 e. The molecule has 1 atom stereocenters. The third kappa shape index (κ3) is 2.09. The number of rotatable bonds is 3. The minimum atomic E-state index is -0.904. The van der Waals surface area contributed by atoms with E-state index in [9.17, 15) is 9.90 Å². The molecule has 0 aromatic heterocycles. The predicted molar refractivity (Wildman–Crippen MR) is 70.7 cm³/mol. The third-order valence-corrected chi connectivity index (χ3v) is 2.99. The molecule has 1 N–H and O–H groups in total. The van der Waals surface area contributed by atoms with Crippen LogP contribution in [0.15, 0.2) is 30.4 Å². The summed E-state index contributed by atoms with van der Waals surface area (Å²) in [5, 5.41) is 10.1. The van der Waals surface area contributed by atoms with Crippen molar-refractivity contribution in [1.29, 1.82) is 0 Å². The molecule has 0 aliphatic heterocycles. The molecule has 0 amide bonds. The SMILES string of the molecule is C=C(C)c1ccc2c(c1)C(O)C(C(=O)OCC)=C2. The first kappa shape index (κ1) is 12.6. The summed E-state index contributed by atoms with van der Waals surface area (Å²) >= 11 is 0. The topological polar surface area (TPSA) is 46.5 Å². The summed E-state index contributed by atoms with van der Waals surface area (Å²) in [7, 11) is 0. The summed E-state index contributed by atoms with van der Waals surface area (Å²) < 4.78 is 4.92. The molecule has 0 fully saturated rings. The number of benzene rings is 1. The molecule has 1 aliphatic carbocycles. The molecule has 2 rings (SSSR count). The minimum Gasteiger partial charge on any atom is -0.463 e. The van der Waals surface area contributed by atoms with Crippen molar-refractivity contribution in [2.24, 2.45) is 0 Å². The second-order valence-corrected chi connectivity index (χ2v) is 4.35. The Bertz CT molecular complexity index is 541. The average Bonchev–Trinajstić information content (AvgIpc) is 2.67. The molecule has 0 spiro atoms. The Balaban J connectivity index is 2.34. The molecule has 0 heterocycles. The fourth-order valence-electron chi connectivity index (χ4n) is 2.01. The van der Waals surface area contributed by atoms with Crippen LogP contribution < -0.4 is 0 Å². The van der Waals surface area contributed by atoms with Gasteiger partial charge >= 0.3 is 5.97 Å². The quantitative estimate of drug-likeness (QED) is 0.831. The second kappa shape index (κ2) is 4.78. The van der Waals surface area contributed by atoms with E-state index in [0.29, 0.717) is 12.2 Å². The van der Waals surface area contributed by atoms with Gasteiger partial charge < -0.3 is 9.84 Å². The Hall–Kier alpha value is -1.87. The fraction of sp³-hybridized carbons (Fsp3) is 0.267. The van der Waals surface area contributed by atoms with Crippen LogP contribution in [0.25, 0.3) is 11.6 Å². The van der Waals surface area contributed by atoms with Crippen LogP contribution in [0, 0.1) is 0 Å². The van der Waals surface area contributed by atoms with E-state index < -0.39 is 12.1 Å². The number of allylic oxidation sites excluding steroid dienone is 1. The van der Waals surface area contributed by atoms with Crippen LogP contribution in [0.4, 0.5) is 0 Å². The molecular formula is C15H16O3. The Morgan fingerprint density at radius 2 is 2.22 bits per heavy atom. The van der Waals surface area contributed by atoms with Crippen molar-refractivity contribution >= 4 is 17.6 Å². The smallest absolute Gasteiger partial charge is 0.337 e. The minimum absolute atomic E-state index is 0.297. The zero-order valence-corrected chi connectivity index (χ0v) is 10.6. The van der Waals surface area contributed by atoms with Crippen LogP contribution >= 0.6 is 0 Å². The number of hydrogen-bond acceptors (Lipinski definition) is 3. The molecule has 3 nitrogen and oxygen atoms in total. The highest BCUT2D eigenvalue weighted by Gasteiger charge is 2.29. The summed E-state index contributed by atoms with van der Waals surface area (Å²) in [5.74, 6) is -0.460. The largest absolute Gasteiger partial charge is 0.463 e. The highest BCUT2D eigenvalue weighted by atomic mass is 16.5. The van der Waals surface area contributed by atoms with Crippen molar-refractivity contribution < 1.29 is 14.6 Å². The van der Waals surface area contributed by atoms with Gasteiger partial charge in [-0.05, 0) is 42.7 Å². The number of hydrogen-bond donors (Lipinski definition) is 1. The first-order valence-electron chi connectivity index (χ1n) is 5.91. The summed E-state index contributed by atoms with van der Waals surface area (Å²) in [6.45, 7) is 7.82. The fourth-order valence-corrected chi connectivity index (χ4v) is 2.01. The average molecular weight is 244 g/mol. The summed E-state index contributed by atoms with van der Waals surface area (Å²) in [6.07, 6.45) is 0.776. The number of fused-ring (bicyclic) bond motifs is 1. The molecule has 18 heavy (non-hydrogen) atoms. The van der Waals surface area contributed by atoms with Gasteiger partial charge in [-0.1, -0.05) is 24.3 Å². The monoisotopic (exact) mass is 244 g/mol. The van der Waals surface area contributed by atoms with Gasteiger partial charge in [0.05, 0.1) is 12.2 Å². The molecule has 3 heteroatoms. The van der Waals surface area contributed by atoms with E-state index in [0.717, 1.165) is 22.3 Å². The molecule has 1 unspecified atom stereocenters. The van der Waals surface area contributed by atoms with Crippen LogP contribution in [0.3, 0.4) is 0 Å². The molecule has 94 valence electrons. The van der Waals surface area contributed by atoms with Gasteiger partial charge in [0.25, 0.3) is 0 Å². The van der Waals surface area contributed by atoms with Crippen LogP contribution in [-0.4, -0.2) is 17.7 Å². The summed E-state index contributed by atoms with van der Waals surface area (Å²) in [6, 6.07) is 5.68. The standard InChI is InChI=1S/C15H16O3/c1-4-18-15(17)13-8-11-6-5-10(9(2)3)7-12(11)14(13)16/h5-8,14,16H,2,4H2,1,3H3. The number of aliphatic hydroxyl groups excluding tert-OH is 1. The third-order valence-electron chi connectivity index (χ3n) is 2.99. The Morgan fingerprint density at radius 1 is 1.50 bits per heavy atom. The highest BCUT2D eigenvalue weighted by molar-refractivity contribution is 5.97. The Labute approximate surface area is 106 Å².